The number of hydrogen-bond acceptors (Lipinski definition) is 4. The van der Waals surface area contributed by atoms with Gasteiger partial charge in [-0.25, -0.2) is 4.79 Å². The average Bonchev–Trinajstić information content (AvgIpc) is 2.38. The molecular weight excluding hydrogens is 220 g/mol. The predicted molar refractivity (Wildman–Crippen MR) is 63.4 cm³/mol. The number of hydrogen-bond donors (Lipinski definition) is 1. The van der Waals surface area contributed by atoms with Crippen molar-refractivity contribution >= 4 is 5.97 Å². The third-order valence-electron chi connectivity index (χ3n) is 2.60. The first-order valence-corrected chi connectivity index (χ1v) is 5.55. The SMILES string of the molecule is CC[C@](O)(COCc1ccccc1)C(=O)OC. The van der Waals surface area contributed by atoms with Crippen LogP contribution in [0.1, 0.15) is 18.9 Å². The molecule has 1 aromatic carbocycles. The third kappa shape index (κ3) is 3.84. The van der Waals surface area contributed by atoms with E-state index in [0.717, 1.165) is 5.56 Å². The van der Waals surface area contributed by atoms with Gasteiger partial charge in [0.25, 0.3) is 0 Å². The lowest BCUT2D eigenvalue weighted by atomic mass is 10.0. The van der Waals surface area contributed by atoms with E-state index in [9.17, 15) is 9.90 Å². The number of methoxy groups -OCH3 is 1. The lowest BCUT2D eigenvalue weighted by Gasteiger charge is -2.23. The summed E-state index contributed by atoms with van der Waals surface area (Å²) in [6, 6.07) is 9.57. The van der Waals surface area contributed by atoms with Crippen molar-refractivity contribution in [2.75, 3.05) is 13.7 Å². The Bertz CT molecular complexity index is 350. The Balaban J connectivity index is 2.46. The summed E-state index contributed by atoms with van der Waals surface area (Å²) in [7, 11) is 1.25. The van der Waals surface area contributed by atoms with Crippen LogP contribution in [0.4, 0.5) is 0 Å². The van der Waals surface area contributed by atoms with E-state index < -0.39 is 11.6 Å². The molecule has 1 atom stereocenters. The Morgan fingerprint density at radius 1 is 1.35 bits per heavy atom. The van der Waals surface area contributed by atoms with Crippen molar-refractivity contribution in [2.45, 2.75) is 25.6 Å². The van der Waals surface area contributed by atoms with Crippen LogP contribution in [0.2, 0.25) is 0 Å². The van der Waals surface area contributed by atoms with Gasteiger partial charge < -0.3 is 14.6 Å². The molecule has 0 aromatic heterocycles. The van der Waals surface area contributed by atoms with Crippen molar-refractivity contribution < 1.29 is 19.4 Å². The molecule has 94 valence electrons. The fourth-order valence-corrected chi connectivity index (χ4v) is 1.41. The number of carbonyl (C=O) groups is 1. The smallest absolute Gasteiger partial charge is 0.340 e. The van der Waals surface area contributed by atoms with E-state index >= 15 is 0 Å². The second-order valence-electron chi connectivity index (χ2n) is 3.86. The number of benzene rings is 1. The first-order chi connectivity index (χ1) is 8.12. The molecule has 0 aliphatic carbocycles. The lowest BCUT2D eigenvalue weighted by molar-refractivity contribution is -0.170. The van der Waals surface area contributed by atoms with Gasteiger partial charge >= 0.3 is 5.97 Å². The molecule has 4 nitrogen and oxygen atoms in total. The van der Waals surface area contributed by atoms with Gasteiger partial charge in [-0.15, -0.1) is 0 Å². The Kier molecular flexibility index (Phi) is 5.12. The molecule has 1 N–H and O–H groups in total. The second-order valence-corrected chi connectivity index (χ2v) is 3.86. The van der Waals surface area contributed by atoms with Crippen molar-refractivity contribution in [1.82, 2.24) is 0 Å². The first-order valence-electron chi connectivity index (χ1n) is 5.55. The number of ether oxygens (including phenoxy) is 2. The summed E-state index contributed by atoms with van der Waals surface area (Å²) >= 11 is 0. The molecule has 0 aliphatic heterocycles. The summed E-state index contributed by atoms with van der Waals surface area (Å²) in [5.74, 6) is -0.659. The number of carbonyl (C=O) groups excluding carboxylic acids is 1. The van der Waals surface area contributed by atoms with E-state index in [4.69, 9.17) is 4.74 Å². The summed E-state index contributed by atoms with van der Waals surface area (Å²) in [6.07, 6.45) is 0.258. The molecule has 0 spiro atoms. The fraction of sp³-hybridized carbons (Fsp3) is 0.462. The topological polar surface area (TPSA) is 55.8 Å². The molecule has 0 heterocycles. The van der Waals surface area contributed by atoms with Gasteiger partial charge in [0.05, 0.1) is 20.3 Å². The van der Waals surface area contributed by atoms with Gasteiger partial charge in [0, 0.05) is 0 Å². The van der Waals surface area contributed by atoms with E-state index in [2.05, 4.69) is 4.74 Å². The maximum absolute atomic E-state index is 11.4. The Morgan fingerprint density at radius 3 is 2.53 bits per heavy atom. The molecule has 0 fully saturated rings. The van der Waals surface area contributed by atoms with Gasteiger partial charge in [-0.3, -0.25) is 0 Å². The molecule has 0 saturated heterocycles. The van der Waals surface area contributed by atoms with E-state index in [1.54, 1.807) is 6.92 Å². The lowest BCUT2D eigenvalue weighted by Crippen LogP contribution is -2.43. The summed E-state index contributed by atoms with van der Waals surface area (Å²) in [5, 5.41) is 9.97. The monoisotopic (exact) mass is 238 g/mol. The van der Waals surface area contributed by atoms with E-state index in [1.807, 2.05) is 30.3 Å². The van der Waals surface area contributed by atoms with Crippen molar-refractivity contribution in [1.29, 1.82) is 0 Å². The predicted octanol–water partition coefficient (Wildman–Crippen LogP) is 1.52. The number of aliphatic hydroxyl groups is 1. The van der Waals surface area contributed by atoms with Crippen molar-refractivity contribution in [3.63, 3.8) is 0 Å². The summed E-state index contributed by atoms with van der Waals surface area (Å²) < 4.78 is 9.89. The summed E-state index contributed by atoms with van der Waals surface area (Å²) in [4.78, 5) is 11.4. The number of rotatable bonds is 6. The molecule has 17 heavy (non-hydrogen) atoms. The van der Waals surface area contributed by atoms with Crippen LogP contribution < -0.4 is 0 Å². The van der Waals surface area contributed by atoms with Gasteiger partial charge in [-0.2, -0.15) is 0 Å². The highest BCUT2D eigenvalue weighted by Gasteiger charge is 2.35. The standard InChI is InChI=1S/C13H18O4/c1-3-13(15,12(14)16-2)10-17-9-11-7-5-4-6-8-11/h4-8,15H,3,9-10H2,1-2H3/t13-/m0/s1. The Morgan fingerprint density at radius 2 is 2.00 bits per heavy atom. The van der Waals surface area contributed by atoms with Crippen LogP contribution in [-0.4, -0.2) is 30.4 Å². The molecule has 1 rings (SSSR count). The largest absolute Gasteiger partial charge is 0.467 e. The molecule has 1 aromatic rings. The van der Waals surface area contributed by atoms with Crippen LogP contribution in [0.25, 0.3) is 0 Å². The third-order valence-corrected chi connectivity index (χ3v) is 2.60. The van der Waals surface area contributed by atoms with Crippen LogP contribution in [0.15, 0.2) is 30.3 Å². The number of esters is 1. The molecule has 0 aliphatic rings. The molecule has 0 amide bonds. The first kappa shape index (κ1) is 13.7. The fourth-order valence-electron chi connectivity index (χ4n) is 1.41. The normalized spacial score (nSPS) is 14.1. The van der Waals surface area contributed by atoms with Gasteiger partial charge in [-0.1, -0.05) is 37.3 Å². The molecule has 0 bridgehead atoms. The van der Waals surface area contributed by atoms with E-state index in [1.165, 1.54) is 7.11 Å². The highest BCUT2D eigenvalue weighted by atomic mass is 16.6. The van der Waals surface area contributed by atoms with Gasteiger partial charge in [0.2, 0.25) is 0 Å². The molecule has 0 unspecified atom stereocenters. The minimum absolute atomic E-state index is 0.0644. The quantitative estimate of drug-likeness (QED) is 0.763. The van der Waals surface area contributed by atoms with Crippen molar-refractivity contribution in [3.05, 3.63) is 35.9 Å². The maximum Gasteiger partial charge on any atom is 0.340 e. The Hall–Kier alpha value is -1.39. The average molecular weight is 238 g/mol. The second kappa shape index (κ2) is 6.37. The minimum Gasteiger partial charge on any atom is -0.467 e. The van der Waals surface area contributed by atoms with Gasteiger partial charge in [-0.05, 0) is 12.0 Å². The molecule has 4 heteroatoms. The highest BCUT2D eigenvalue weighted by Crippen LogP contribution is 2.13. The van der Waals surface area contributed by atoms with Crippen LogP contribution in [0, 0.1) is 0 Å². The maximum atomic E-state index is 11.4. The Labute approximate surface area is 101 Å². The minimum atomic E-state index is -1.55. The molecule has 0 saturated carbocycles. The van der Waals surface area contributed by atoms with Crippen LogP contribution in [0.3, 0.4) is 0 Å². The summed E-state index contributed by atoms with van der Waals surface area (Å²) in [5.41, 5.74) is -0.556. The summed E-state index contributed by atoms with van der Waals surface area (Å²) in [6.45, 7) is 2.01. The van der Waals surface area contributed by atoms with Crippen LogP contribution in [0.5, 0.6) is 0 Å². The molecule has 0 radical (unpaired) electrons. The van der Waals surface area contributed by atoms with E-state index in [0.29, 0.717) is 6.61 Å². The highest BCUT2D eigenvalue weighted by molar-refractivity contribution is 5.79. The van der Waals surface area contributed by atoms with Crippen LogP contribution in [-0.2, 0) is 20.9 Å². The zero-order valence-electron chi connectivity index (χ0n) is 10.2. The van der Waals surface area contributed by atoms with E-state index in [-0.39, 0.29) is 13.0 Å². The van der Waals surface area contributed by atoms with Crippen molar-refractivity contribution in [3.8, 4) is 0 Å². The van der Waals surface area contributed by atoms with Crippen molar-refractivity contribution in [2.24, 2.45) is 0 Å². The van der Waals surface area contributed by atoms with Crippen LogP contribution >= 0.6 is 0 Å². The van der Waals surface area contributed by atoms with Gasteiger partial charge in [0.1, 0.15) is 0 Å². The molecular formula is C13H18O4. The zero-order valence-corrected chi connectivity index (χ0v) is 10.2. The van der Waals surface area contributed by atoms with Gasteiger partial charge in [0.15, 0.2) is 5.60 Å². The zero-order chi connectivity index (χ0) is 12.7.